The van der Waals surface area contributed by atoms with Crippen LogP contribution in [0.2, 0.25) is 0 Å². The van der Waals surface area contributed by atoms with Crippen molar-refractivity contribution in [2.75, 3.05) is 6.61 Å². The molecule has 0 spiro atoms. The third kappa shape index (κ3) is 5.92. The summed E-state index contributed by atoms with van der Waals surface area (Å²) in [4.78, 5) is 23.7. The van der Waals surface area contributed by atoms with Crippen molar-refractivity contribution >= 4 is 11.8 Å². The predicted octanol–water partition coefficient (Wildman–Crippen LogP) is 3.28. The van der Waals surface area contributed by atoms with Gasteiger partial charge in [0.2, 0.25) is 5.91 Å². The second-order valence-corrected chi connectivity index (χ2v) is 6.37. The maximum absolute atomic E-state index is 11.9. The molecular formula is C21H26N2O3. The lowest BCUT2D eigenvalue weighted by atomic mass is 9.99. The van der Waals surface area contributed by atoms with Gasteiger partial charge in [-0.3, -0.25) is 20.4 Å². The Kier molecular flexibility index (Phi) is 7.21. The number of amides is 2. The molecule has 26 heavy (non-hydrogen) atoms. The van der Waals surface area contributed by atoms with E-state index in [2.05, 4.69) is 24.7 Å². The second kappa shape index (κ2) is 9.61. The first-order valence-electron chi connectivity index (χ1n) is 8.84. The minimum absolute atomic E-state index is 0.159. The Bertz CT molecular complexity index is 741. The van der Waals surface area contributed by atoms with Crippen LogP contribution in [0.15, 0.2) is 48.5 Å². The Hall–Kier alpha value is -2.82. The van der Waals surface area contributed by atoms with Crippen molar-refractivity contribution in [1.82, 2.24) is 10.9 Å². The first-order chi connectivity index (χ1) is 12.5. The summed E-state index contributed by atoms with van der Waals surface area (Å²) in [5.74, 6) is 0.439. The highest BCUT2D eigenvalue weighted by molar-refractivity contribution is 5.84. The number of hydrogen-bond donors (Lipinski definition) is 2. The first kappa shape index (κ1) is 19.5. The normalized spacial score (nSPS) is 11.5. The molecule has 0 fully saturated rings. The van der Waals surface area contributed by atoms with Gasteiger partial charge in [-0.05, 0) is 48.1 Å². The van der Waals surface area contributed by atoms with Crippen LogP contribution in [0, 0.1) is 6.92 Å². The SMILES string of the molecule is CCC(C)c1ccc(OCC(=O)NNC(=O)Cc2ccccc2C)cc1. The molecule has 0 aliphatic rings. The lowest BCUT2D eigenvalue weighted by molar-refractivity contribution is -0.129. The van der Waals surface area contributed by atoms with Crippen molar-refractivity contribution in [3.05, 3.63) is 65.2 Å². The van der Waals surface area contributed by atoms with Crippen LogP contribution in [-0.4, -0.2) is 18.4 Å². The molecule has 1 unspecified atom stereocenters. The van der Waals surface area contributed by atoms with Crippen LogP contribution >= 0.6 is 0 Å². The maximum Gasteiger partial charge on any atom is 0.276 e. The summed E-state index contributed by atoms with van der Waals surface area (Å²) in [6.07, 6.45) is 1.29. The largest absolute Gasteiger partial charge is 0.484 e. The van der Waals surface area contributed by atoms with Gasteiger partial charge in [0.15, 0.2) is 6.61 Å². The van der Waals surface area contributed by atoms with Crippen molar-refractivity contribution < 1.29 is 14.3 Å². The van der Waals surface area contributed by atoms with E-state index in [0.29, 0.717) is 11.7 Å². The lowest BCUT2D eigenvalue weighted by Gasteiger charge is -2.11. The van der Waals surface area contributed by atoms with E-state index in [1.807, 2.05) is 55.5 Å². The second-order valence-electron chi connectivity index (χ2n) is 6.37. The van der Waals surface area contributed by atoms with E-state index >= 15 is 0 Å². The number of carbonyl (C=O) groups is 2. The summed E-state index contributed by atoms with van der Waals surface area (Å²) >= 11 is 0. The average Bonchev–Trinajstić information content (AvgIpc) is 2.66. The average molecular weight is 354 g/mol. The Balaban J connectivity index is 1.73. The Morgan fingerprint density at radius 3 is 2.31 bits per heavy atom. The van der Waals surface area contributed by atoms with Crippen molar-refractivity contribution in [1.29, 1.82) is 0 Å². The van der Waals surface area contributed by atoms with Gasteiger partial charge in [-0.15, -0.1) is 0 Å². The number of carbonyl (C=O) groups excluding carboxylic acids is 2. The van der Waals surface area contributed by atoms with Crippen LogP contribution in [0.4, 0.5) is 0 Å². The molecule has 0 bridgehead atoms. The monoisotopic (exact) mass is 354 g/mol. The molecule has 0 radical (unpaired) electrons. The van der Waals surface area contributed by atoms with Crippen LogP contribution in [-0.2, 0) is 16.0 Å². The molecule has 138 valence electrons. The third-order valence-electron chi connectivity index (χ3n) is 4.39. The summed E-state index contributed by atoms with van der Waals surface area (Å²) < 4.78 is 5.44. The van der Waals surface area contributed by atoms with Crippen LogP contribution in [0.3, 0.4) is 0 Å². The molecule has 2 N–H and O–H groups in total. The number of nitrogens with one attached hydrogen (secondary N) is 2. The fourth-order valence-electron chi connectivity index (χ4n) is 2.48. The zero-order chi connectivity index (χ0) is 18.9. The Morgan fingerprint density at radius 2 is 1.65 bits per heavy atom. The highest BCUT2D eigenvalue weighted by Gasteiger charge is 2.08. The van der Waals surface area contributed by atoms with Crippen molar-refractivity contribution in [3.63, 3.8) is 0 Å². The zero-order valence-corrected chi connectivity index (χ0v) is 15.5. The summed E-state index contributed by atoms with van der Waals surface area (Å²) in [6, 6.07) is 15.4. The lowest BCUT2D eigenvalue weighted by Crippen LogP contribution is -2.44. The molecule has 0 aliphatic heterocycles. The van der Waals surface area contributed by atoms with E-state index in [4.69, 9.17) is 4.74 Å². The number of benzene rings is 2. The van der Waals surface area contributed by atoms with Gasteiger partial charge >= 0.3 is 0 Å². The van der Waals surface area contributed by atoms with Gasteiger partial charge in [0.05, 0.1) is 6.42 Å². The van der Waals surface area contributed by atoms with Gasteiger partial charge in [0.25, 0.3) is 5.91 Å². The molecule has 2 aromatic rings. The highest BCUT2D eigenvalue weighted by Crippen LogP contribution is 2.21. The van der Waals surface area contributed by atoms with Crippen LogP contribution < -0.4 is 15.6 Å². The van der Waals surface area contributed by atoms with Gasteiger partial charge in [0, 0.05) is 0 Å². The summed E-state index contributed by atoms with van der Waals surface area (Å²) in [5, 5.41) is 0. The van der Waals surface area contributed by atoms with Gasteiger partial charge < -0.3 is 4.74 Å². The number of hydrazine groups is 1. The molecule has 0 aliphatic carbocycles. The van der Waals surface area contributed by atoms with Crippen LogP contribution in [0.1, 0.15) is 42.9 Å². The number of hydrogen-bond acceptors (Lipinski definition) is 3. The van der Waals surface area contributed by atoms with Gasteiger partial charge in [0.1, 0.15) is 5.75 Å². The van der Waals surface area contributed by atoms with E-state index in [1.54, 1.807) is 0 Å². The first-order valence-corrected chi connectivity index (χ1v) is 8.84. The number of rotatable bonds is 7. The molecule has 2 amide bonds. The molecular weight excluding hydrogens is 328 g/mol. The van der Waals surface area contributed by atoms with Gasteiger partial charge in [-0.2, -0.15) is 0 Å². The van der Waals surface area contributed by atoms with E-state index < -0.39 is 5.91 Å². The van der Waals surface area contributed by atoms with E-state index in [1.165, 1.54) is 5.56 Å². The maximum atomic E-state index is 11.9. The fourth-order valence-corrected chi connectivity index (χ4v) is 2.48. The molecule has 5 heteroatoms. The molecule has 2 rings (SSSR count). The zero-order valence-electron chi connectivity index (χ0n) is 15.5. The standard InChI is InChI=1S/C21H26N2O3/c1-4-15(2)17-9-11-19(12-10-17)26-14-21(25)23-22-20(24)13-18-8-6-5-7-16(18)3/h5-12,15H,4,13-14H2,1-3H3,(H,22,24)(H,23,25). The van der Waals surface area contributed by atoms with E-state index in [9.17, 15) is 9.59 Å². The predicted molar refractivity (Wildman–Crippen MR) is 102 cm³/mol. The van der Waals surface area contributed by atoms with Gasteiger partial charge in [-0.25, -0.2) is 0 Å². The summed E-state index contributed by atoms with van der Waals surface area (Å²) in [7, 11) is 0. The van der Waals surface area contributed by atoms with Crippen LogP contribution in [0.5, 0.6) is 5.75 Å². The summed E-state index contributed by atoms with van der Waals surface area (Å²) in [5.41, 5.74) is 7.99. The van der Waals surface area contributed by atoms with Gasteiger partial charge in [-0.1, -0.05) is 50.2 Å². The summed E-state index contributed by atoms with van der Waals surface area (Å²) in [6.45, 7) is 6.10. The molecule has 1 atom stereocenters. The molecule has 5 nitrogen and oxygen atoms in total. The molecule has 0 aromatic heterocycles. The molecule has 0 saturated carbocycles. The minimum atomic E-state index is -0.408. The Morgan fingerprint density at radius 1 is 1.00 bits per heavy atom. The minimum Gasteiger partial charge on any atom is -0.484 e. The fraction of sp³-hybridized carbons (Fsp3) is 0.333. The van der Waals surface area contributed by atoms with Crippen molar-refractivity contribution in [2.45, 2.75) is 39.5 Å². The van der Waals surface area contributed by atoms with Crippen molar-refractivity contribution in [2.24, 2.45) is 0 Å². The van der Waals surface area contributed by atoms with Crippen LogP contribution in [0.25, 0.3) is 0 Å². The molecule has 0 heterocycles. The smallest absolute Gasteiger partial charge is 0.276 e. The molecule has 0 saturated heterocycles. The highest BCUT2D eigenvalue weighted by atomic mass is 16.5. The van der Waals surface area contributed by atoms with E-state index in [-0.39, 0.29) is 18.9 Å². The van der Waals surface area contributed by atoms with Crippen molar-refractivity contribution in [3.8, 4) is 5.75 Å². The Labute approximate surface area is 154 Å². The number of aryl methyl sites for hydroxylation is 1. The van der Waals surface area contributed by atoms with E-state index in [0.717, 1.165) is 17.5 Å². The quantitative estimate of drug-likeness (QED) is 0.750. The number of ether oxygens (including phenoxy) is 1. The third-order valence-corrected chi connectivity index (χ3v) is 4.39. The topological polar surface area (TPSA) is 67.4 Å². The molecule has 2 aromatic carbocycles.